The molecule has 4 N–H and O–H groups in total. The highest BCUT2D eigenvalue weighted by atomic mass is 16.5. The molecule has 0 bridgehead atoms. The van der Waals surface area contributed by atoms with Crippen molar-refractivity contribution in [3.05, 3.63) is 83.6 Å². The molecule has 7 rings (SSSR count). The van der Waals surface area contributed by atoms with E-state index in [-0.39, 0.29) is 29.5 Å². The van der Waals surface area contributed by atoms with Crippen LogP contribution in [0.1, 0.15) is 60.4 Å². The van der Waals surface area contributed by atoms with E-state index in [0.717, 1.165) is 35.2 Å². The lowest BCUT2D eigenvalue weighted by molar-refractivity contribution is -0.117. The molecule has 2 aliphatic heterocycles. The Kier molecular flexibility index (Phi) is 7.80. The molecule has 0 aliphatic carbocycles. The number of aryl methyl sites for hydroxylation is 1. The molecule has 2 aromatic carbocycles. The number of aromatic nitrogens is 5. The van der Waals surface area contributed by atoms with Crippen LogP contribution in [0.3, 0.4) is 0 Å². The zero-order valence-electron chi connectivity index (χ0n) is 26.7. The average molecular weight is 632 g/mol. The summed E-state index contributed by atoms with van der Waals surface area (Å²) < 4.78 is 7.52. The van der Waals surface area contributed by atoms with E-state index >= 15 is 0 Å². The standard InChI is InChI=1S/C35H37N9O3/c1-20-4-5-26-16-25(10-11-29(26)44(20)22(3)45)24-8-6-23(7-9-24)21(2)31-30(32(36)46)41-34-33(42-12-14-47-15-13-42)40-28(19-43(31)34)27-17-38-35(37)39-18-27/h6-11,16-21H,4-5,12-15H2,1-3H3,(H2,36,46)(H2,37,38,39)/t20-,21-/m0/s1. The Morgan fingerprint density at radius 1 is 0.979 bits per heavy atom. The third-order valence-electron chi connectivity index (χ3n) is 9.24. The molecule has 1 saturated heterocycles. The van der Waals surface area contributed by atoms with Crippen molar-refractivity contribution in [1.29, 1.82) is 0 Å². The fraction of sp³-hybridized carbons (Fsp3) is 0.314. The Morgan fingerprint density at radius 3 is 2.36 bits per heavy atom. The van der Waals surface area contributed by atoms with E-state index < -0.39 is 5.91 Å². The van der Waals surface area contributed by atoms with Crippen molar-refractivity contribution < 1.29 is 14.3 Å². The van der Waals surface area contributed by atoms with E-state index in [2.05, 4.69) is 64.3 Å². The van der Waals surface area contributed by atoms with Gasteiger partial charge in [0.15, 0.2) is 17.2 Å². The van der Waals surface area contributed by atoms with E-state index in [0.29, 0.717) is 54.7 Å². The second-order valence-electron chi connectivity index (χ2n) is 12.2. The lowest BCUT2D eigenvalue weighted by Gasteiger charge is -2.34. The number of ether oxygens (including phenoxy) is 1. The average Bonchev–Trinajstić information content (AvgIpc) is 3.48. The first-order valence-electron chi connectivity index (χ1n) is 15.9. The Labute approximate surface area is 272 Å². The van der Waals surface area contributed by atoms with Crippen LogP contribution in [-0.2, 0) is 16.0 Å². The summed E-state index contributed by atoms with van der Waals surface area (Å²) in [4.78, 5) is 47.3. The number of hydrogen-bond donors (Lipinski definition) is 2. The van der Waals surface area contributed by atoms with Gasteiger partial charge in [-0.3, -0.25) is 14.0 Å². The summed E-state index contributed by atoms with van der Waals surface area (Å²) in [6.45, 7) is 8.13. The molecule has 12 heteroatoms. The largest absolute Gasteiger partial charge is 0.378 e. The van der Waals surface area contributed by atoms with Crippen LogP contribution in [0, 0.1) is 0 Å². The van der Waals surface area contributed by atoms with Crippen molar-refractivity contribution in [1.82, 2.24) is 24.3 Å². The zero-order valence-corrected chi connectivity index (χ0v) is 26.7. The van der Waals surface area contributed by atoms with Crippen LogP contribution in [0.25, 0.3) is 28.0 Å². The monoisotopic (exact) mass is 631 g/mol. The minimum absolute atomic E-state index is 0.0639. The normalized spacial score (nSPS) is 17.0. The number of rotatable bonds is 6. The molecule has 5 heterocycles. The maximum Gasteiger partial charge on any atom is 0.269 e. The fourth-order valence-corrected chi connectivity index (χ4v) is 6.77. The van der Waals surface area contributed by atoms with E-state index in [1.807, 2.05) is 22.4 Å². The van der Waals surface area contributed by atoms with Gasteiger partial charge >= 0.3 is 0 Å². The SMILES string of the molecule is CC(=O)N1c2ccc(-c3ccc([C@H](C)c4c(C(N)=O)nc5c(N6CCOCC6)nc(-c6cnc(N)nc6)cn45)cc3)cc2CC[C@@H]1C. The maximum absolute atomic E-state index is 12.9. The summed E-state index contributed by atoms with van der Waals surface area (Å²) in [7, 11) is 0. The van der Waals surface area contributed by atoms with Gasteiger partial charge in [0.1, 0.15) is 0 Å². The molecule has 2 aliphatic rings. The number of carbonyl (C=O) groups is 2. The molecule has 3 aromatic heterocycles. The summed E-state index contributed by atoms with van der Waals surface area (Å²) in [5.74, 6) is 0.00681. The highest BCUT2D eigenvalue weighted by Gasteiger charge is 2.29. The van der Waals surface area contributed by atoms with Crippen molar-refractivity contribution in [2.24, 2.45) is 5.73 Å². The van der Waals surface area contributed by atoms with E-state index in [1.165, 1.54) is 5.56 Å². The molecule has 0 unspecified atom stereocenters. The number of nitrogen functional groups attached to an aromatic ring is 1. The zero-order chi connectivity index (χ0) is 32.8. The number of benzene rings is 2. The van der Waals surface area contributed by atoms with Crippen LogP contribution < -0.4 is 21.3 Å². The number of carbonyl (C=O) groups excluding carboxylic acids is 2. The molecule has 1 fully saturated rings. The number of nitrogens with zero attached hydrogens (tertiary/aromatic N) is 7. The number of amides is 2. The van der Waals surface area contributed by atoms with E-state index in [1.54, 1.807) is 19.3 Å². The maximum atomic E-state index is 12.9. The van der Waals surface area contributed by atoms with Gasteiger partial charge in [0, 0.05) is 61.8 Å². The number of anilines is 3. The first-order valence-corrected chi connectivity index (χ1v) is 15.9. The minimum atomic E-state index is -0.611. The Hall–Kier alpha value is -5.36. The summed E-state index contributed by atoms with van der Waals surface area (Å²) in [5.41, 5.74) is 19.7. The Morgan fingerprint density at radius 2 is 1.68 bits per heavy atom. The van der Waals surface area contributed by atoms with Crippen LogP contribution in [-0.4, -0.2) is 68.5 Å². The lowest BCUT2D eigenvalue weighted by atomic mass is 9.91. The molecule has 240 valence electrons. The van der Waals surface area contributed by atoms with Gasteiger partial charge < -0.3 is 26.0 Å². The topological polar surface area (TPSA) is 158 Å². The Balaban J connectivity index is 1.29. The highest BCUT2D eigenvalue weighted by molar-refractivity contribution is 5.95. The predicted octanol–water partition coefficient (Wildman–Crippen LogP) is 4.21. The highest BCUT2D eigenvalue weighted by Crippen LogP contribution is 2.36. The van der Waals surface area contributed by atoms with Crippen LogP contribution in [0.2, 0.25) is 0 Å². The number of imidazole rings is 1. The van der Waals surface area contributed by atoms with Crippen molar-refractivity contribution in [3.8, 4) is 22.4 Å². The summed E-state index contributed by atoms with van der Waals surface area (Å²) in [6, 6.07) is 14.8. The summed E-state index contributed by atoms with van der Waals surface area (Å²) >= 11 is 0. The predicted molar refractivity (Wildman–Crippen MR) is 180 cm³/mol. The lowest BCUT2D eigenvalue weighted by Crippen LogP contribution is -2.40. The second-order valence-corrected chi connectivity index (χ2v) is 12.2. The third kappa shape index (κ3) is 5.54. The Bertz CT molecular complexity index is 1980. The fourth-order valence-electron chi connectivity index (χ4n) is 6.77. The van der Waals surface area contributed by atoms with Crippen molar-refractivity contribution in [3.63, 3.8) is 0 Å². The van der Waals surface area contributed by atoms with Crippen LogP contribution >= 0.6 is 0 Å². The number of nitrogens with two attached hydrogens (primary N) is 2. The second kappa shape index (κ2) is 12.1. The number of primary amides is 1. The molecular formula is C35H37N9O3. The van der Waals surface area contributed by atoms with Crippen molar-refractivity contribution in [2.45, 2.75) is 45.6 Å². The third-order valence-corrected chi connectivity index (χ3v) is 9.24. The molecule has 5 aromatic rings. The summed E-state index contributed by atoms with van der Waals surface area (Å²) in [5, 5.41) is 0. The number of fused-ring (bicyclic) bond motifs is 2. The first kappa shape index (κ1) is 30.3. The summed E-state index contributed by atoms with van der Waals surface area (Å²) in [6.07, 6.45) is 6.98. The molecule has 2 amide bonds. The van der Waals surface area contributed by atoms with Crippen molar-refractivity contribution in [2.75, 3.05) is 41.8 Å². The van der Waals surface area contributed by atoms with Crippen LogP contribution in [0.5, 0.6) is 0 Å². The van der Waals surface area contributed by atoms with Crippen LogP contribution in [0.15, 0.2) is 61.1 Å². The van der Waals surface area contributed by atoms with Gasteiger partial charge in [-0.2, -0.15) is 0 Å². The number of morpholine rings is 1. The van der Waals surface area contributed by atoms with Crippen molar-refractivity contribution >= 4 is 34.9 Å². The molecule has 0 radical (unpaired) electrons. The molecule has 0 spiro atoms. The molecule has 0 saturated carbocycles. The molecular weight excluding hydrogens is 594 g/mol. The van der Waals surface area contributed by atoms with Gasteiger partial charge in [0.05, 0.1) is 24.6 Å². The van der Waals surface area contributed by atoms with Gasteiger partial charge in [-0.1, -0.05) is 37.3 Å². The molecule has 47 heavy (non-hydrogen) atoms. The molecule has 2 atom stereocenters. The minimum Gasteiger partial charge on any atom is -0.378 e. The van der Waals surface area contributed by atoms with E-state index in [4.69, 9.17) is 26.2 Å². The van der Waals surface area contributed by atoms with Gasteiger partial charge in [0.25, 0.3) is 5.91 Å². The van der Waals surface area contributed by atoms with Crippen LogP contribution in [0.4, 0.5) is 17.5 Å². The van der Waals surface area contributed by atoms with Gasteiger partial charge in [-0.05, 0) is 54.2 Å². The van der Waals surface area contributed by atoms with Gasteiger partial charge in [-0.25, -0.2) is 19.9 Å². The smallest absolute Gasteiger partial charge is 0.269 e. The molecule has 12 nitrogen and oxygen atoms in total. The quantitative estimate of drug-likeness (QED) is 0.280. The van der Waals surface area contributed by atoms with E-state index in [9.17, 15) is 9.59 Å². The number of hydrogen-bond acceptors (Lipinski definition) is 9. The van der Waals surface area contributed by atoms with Gasteiger partial charge in [-0.15, -0.1) is 0 Å². The first-order chi connectivity index (χ1) is 22.7. The van der Waals surface area contributed by atoms with Gasteiger partial charge in [0.2, 0.25) is 11.9 Å².